The van der Waals surface area contributed by atoms with Crippen LogP contribution in [0.25, 0.3) is 0 Å². The van der Waals surface area contributed by atoms with Gasteiger partial charge in [-0.15, -0.1) is 0 Å². The van der Waals surface area contributed by atoms with Gasteiger partial charge in [0, 0.05) is 24.1 Å². The van der Waals surface area contributed by atoms with E-state index >= 15 is 0 Å². The molecular weight excluding hydrogens is 364 g/mol. The number of nitrogens with one attached hydrogen (secondary N) is 4. The highest BCUT2D eigenvalue weighted by atomic mass is 32.1. The predicted molar refractivity (Wildman–Crippen MR) is 107 cm³/mol. The van der Waals surface area contributed by atoms with Gasteiger partial charge in [-0.1, -0.05) is 35.9 Å². The van der Waals surface area contributed by atoms with Crippen molar-refractivity contribution in [1.29, 1.82) is 0 Å². The molecule has 0 atom stereocenters. The van der Waals surface area contributed by atoms with Crippen LogP contribution in [-0.2, 0) is 9.59 Å². The molecule has 0 aliphatic rings. The Morgan fingerprint density at radius 3 is 2.30 bits per heavy atom. The maximum Gasteiger partial charge on any atom is 0.257 e. The number of anilines is 1. The molecule has 0 aliphatic carbocycles. The lowest BCUT2D eigenvalue weighted by atomic mass is 10.1. The maximum atomic E-state index is 12.0. The normalized spacial score (nSPS) is 9.81. The number of hydrazine groups is 1. The third kappa shape index (κ3) is 7.25. The molecule has 0 radical (unpaired) electrons. The molecule has 0 saturated carbocycles. The number of carbonyl (C=O) groups excluding carboxylic acids is 3. The first-order valence-electron chi connectivity index (χ1n) is 8.26. The van der Waals surface area contributed by atoms with Gasteiger partial charge in [-0.25, -0.2) is 0 Å². The standard InChI is InChI=1S/C19H20N4O3S/c1-13-6-5-7-14(12-13)18(26)21-19(27)23-22-17(25)11-10-16(24)20-15-8-3-2-4-9-15/h2-9,12H,10-11H2,1H3,(H,20,24)(H,22,25)(H2,21,23,26,27). The number of hydrogen-bond acceptors (Lipinski definition) is 4. The van der Waals surface area contributed by atoms with E-state index in [-0.39, 0.29) is 29.8 Å². The highest BCUT2D eigenvalue weighted by Crippen LogP contribution is 2.06. The lowest BCUT2D eigenvalue weighted by Crippen LogP contribution is -2.48. The highest BCUT2D eigenvalue weighted by molar-refractivity contribution is 7.80. The first-order chi connectivity index (χ1) is 12.9. The van der Waals surface area contributed by atoms with Crippen LogP contribution in [0.2, 0.25) is 0 Å². The number of hydrogen-bond donors (Lipinski definition) is 4. The van der Waals surface area contributed by atoms with E-state index in [4.69, 9.17) is 12.2 Å². The van der Waals surface area contributed by atoms with Crippen molar-refractivity contribution >= 4 is 40.7 Å². The first kappa shape index (κ1) is 20.1. The fraction of sp³-hybridized carbons (Fsp3) is 0.158. The predicted octanol–water partition coefficient (Wildman–Crippen LogP) is 2.05. The zero-order chi connectivity index (χ0) is 19.6. The number of aryl methyl sites for hydroxylation is 1. The largest absolute Gasteiger partial charge is 0.326 e. The Balaban J connectivity index is 1.68. The molecule has 2 rings (SSSR count). The van der Waals surface area contributed by atoms with Gasteiger partial charge in [-0.05, 0) is 43.4 Å². The molecule has 2 aromatic carbocycles. The second-order valence-corrected chi connectivity index (χ2v) is 6.15. The molecule has 0 fully saturated rings. The van der Waals surface area contributed by atoms with Crippen molar-refractivity contribution in [3.8, 4) is 0 Å². The van der Waals surface area contributed by atoms with E-state index in [2.05, 4.69) is 21.5 Å². The second kappa shape index (κ2) is 10.0. The highest BCUT2D eigenvalue weighted by Gasteiger charge is 2.10. The minimum atomic E-state index is -0.426. The molecule has 7 nitrogen and oxygen atoms in total. The quantitative estimate of drug-likeness (QED) is 0.467. The Labute approximate surface area is 162 Å². The third-order valence-electron chi connectivity index (χ3n) is 3.46. The van der Waals surface area contributed by atoms with E-state index in [1.54, 1.807) is 42.5 Å². The van der Waals surface area contributed by atoms with Gasteiger partial charge < -0.3 is 5.32 Å². The fourth-order valence-corrected chi connectivity index (χ4v) is 2.30. The van der Waals surface area contributed by atoms with Crippen LogP contribution in [0.5, 0.6) is 0 Å². The van der Waals surface area contributed by atoms with Gasteiger partial charge in [-0.3, -0.25) is 30.6 Å². The molecule has 4 N–H and O–H groups in total. The zero-order valence-corrected chi connectivity index (χ0v) is 15.6. The minimum Gasteiger partial charge on any atom is -0.326 e. The van der Waals surface area contributed by atoms with Crippen LogP contribution in [0.15, 0.2) is 54.6 Å². The van der Waals surface area contributed by atoms with E-state index in [1.807, 2.05) is 19.1 Å². The Hall–Kier alpha value is -3.26. The summed E-state index contributed by atoms with van der Waals surface area (Å²) in [4.78, 5) is 35.6. The van der Waals surface area contributed by atoms with Gasteiger partial charge in [0.1, 0.15) is 0 Å². The molecule has 8 heteroatoms. The van der Waals surface area contributed by atoms with E-state index < -0.39 is 5.91 Å². The van der Waals surface area contributed by atoms with Crippen LogP contribution in [-0.4, -0.2) is 22.8 Å². The van der Waals surface area contributed by atoms with Crippen LogP contribution in [0.1, 0.15) is 28.8 Å². The fourth-order valence-electron chi connectivity index (χ4n) is 2.15. The van der Waals surface area contributed by atoms with Gasteiger partial charge in [0.25, 0.3) is 5.91 Å². The lowest BCUT2D eigenvalue weighted by molar-refractivity contribution is -0.124. The van der Waals surface area contributed by atoms with Gasteiger partial charge >= 0.3 is 0 Å². The van der Waals surface area contributed by atoms with Crippen LogP contribution in [0.4, 0.5) is 5.69 Å². The van der Waals surface area contributed by atoms with Crippen molar-refractivity contribution in [2.75, 3.05) is 5.32 Å². The van der Waals surface area contributed by atoms with Crippen LogP contribution < -0.4 is 21.5 Å². The summed E-state index contributed by atoms with van der Waals surface area (Å²) in [7, 11) is 0. The van der Waals surface area contributed by atoms with Crippen molar-refractivity contribution < 1.29 is 14.4 Å². The summed E-state index contributed by atoms with van der Waals surface area (Å²) < 4.78 is 0. The number of carbonyl (C=O) groups is 3. The van der Waals surface area contributed by atoms with Crippen molar-refractivity contribution in [1.82, 2.24) is 16.2 Å². The number of benzene rings is 2. The van der Waals surface area contributed by atoms with E-state index in [9.17, 15) is 14.4 Å². The summed E-state index contributed by atoms with van der Waals surface area (Å²) >= 11 is 4.97. The average molecular weight is 384 g/mol. The van der Waals surface area contributed by atoms with Crippen molar-refractivity contribution in [2.45, 2.75) is 19.8 Å². The zero-order valence-electron chi connectivity index (χ0n) is 14.7. The van der Waals surface area contributed by atoms with Crippen molar-refractivity contribution in [3.63, 3.8) is 0 Å². The Bertz CT molecular complexity index is 840. The molecule has 0 aromatic heterocycles. The van der Waals surface area contributed by atoms with Crippen molar-refractivity contribution in [3.05, 3.63) is 65.7 Å². The summed E-state index contributed by atoms with van der Waals surface area (Å²) in [5.74, 6) is -1.08. The molecule has 2 aromatic rings. The SMILES string of the molecule is Cc1cccc(C(=O)NC(=S)NNC(=O)CCC(=O)Nc2ccccc2)c1. The average Bonchev–Trinajstić information content (AvgIpc) is 2.65. The molecule has 0 unspecified atom stereocenters. The van der Waals surface area contributed by atoms with E-state index in [0.717, 1.165) is 5.56 Å². The maximum absolute atomic E-state index is 12.0. The van der Waals surface area contributed by atoms with Gasteiger partial charge in [0.15, 0.2) is 5.11 Å². The van der Waals surface area contributed by atoms with E-state index in [0.29, 0.717) is 11.3 Å². The topological polar surface area (TPSA) is 99.3 Å². The summed E-state index contributed by atoms with van der Waals surface area (Å²) in [6, 6.07) is 16.0. The number of thiocarbonyl (C=S) groups is 1. The molecule has 27 heavy (non-hydrogen) atoms. The van der Waals surface area contributed by atoms with E-state index in [1.165, 1.54) is 0 Å². The molecule has 0 heterocycles. The number of amides is 3. The first-order valence-corrected chi connectivity index (χ1v) is 8.66. The van der Waals surface area contributed by atoms with Crippen LogP contribution in [0.3, 0.4) is 0 Å². The third-order valence-corrected chi connectivity index (χ3v) is 3.66. The Morgan fingerprint density at radius 1 is 0.889 bits per heavy atom. The van der Waals surface area contributed by atoms with Gasteiger partial charge in [0.05, 0.1) is 0 Å². The lowest BCUT2D eigenvalue weighted by Gasteiger charge is -2.11. The van der Waals surface area contributed by atoms with Crippen LogP contribution in [0, 0.1) is 6.92 Å². The monoisotopic (exact) mass is 384 g/mol. The minimum absolute atomic E-state index is 0.0187. The number of rotatable bonds is 5. The van der Waals surface area contributed by atoms with Gasteiger partial charge in [-0.2, -0.15) is 0 Å². The second-order valence-electron chi connectivity index (χ2n) is 5.74. The molecule has 0 spiro atoms. The molecule has 0 saturated heterocycles. The summed E-state index contributed by atoms with van der Waals surface area (Å²) in [5, 5.41) is 5.11. The molecule has 3 amide bonds. The Morgan fingerprint density at radius 2 is 1.59 bits per heavy atom. The molecular formula is C19H20N4O3S. The molecule has 0 bridgehead atoms. The van der Waals surface area contributed by atoms with Crippen LogP contribution >= 0.6 is 12.2 Å². The number of para-hydroxylation sites is 1. The molecule has 0 aliphatic heterocycles. The Kier molecular flexibility index (Phi) is 7.45. The summed E-state index contributed by atoms with van der Waals surface area (Å²) in [5.41, 5.74) is 6.86. The van der Waals surface area contributed by atoms with Gasteiger partial charge in [0.2, 0.25) is 11.8 Å². The molecule has 140 valence electrons. The summed E-state index contributed by atoms with van der Waals surface area (Å²) in [6.45, 7) is 1.88. The van der Waals surface area contributed by atoms with Crippen molar-refractivity contribution in [2.24, 2.45) is 0 Å². The summed E-state index contributed by atoms with van der Waals surface area (Å²) in [6.07, 6.45) is -0.00900. The smallest absolute Gasteiger partial charge is 0.257 e.